The first-order valence-electron chi connectivity index (χ1n) is 14.8. The number of aryl methyl sites for hydroxylation is 2. The van der Waals surface area contributed by atoms with Crippen LogP contribution in [0.15, 0.2) is 53.6 Å². The van der Waals surface area contributed by atoms with Gasteiger partial charge in [-0.3, -0.25) is 4.79 Å². The average Bonchev–Trinajstić information content (AvgIpc) is 3.67. The molecular formula is C33H31F3N4O6S. The van der Waals surface area contributed by atoms with Gasteiger partial charge in [-0.05, 0) is 56.5 Å². The van der Waals surface area contributed by atoms with E-state index in [4.69, 9.17) is 19.2 Å². The summed E-state index contributed by atoms with van der Waals surface area (Å²) < 4.78 is 89.1. The molecule has 10 nitrogen and oxygen atoms in total. The number of carbonyl (C=O) groups is 1. The predicted octanol–water partition coefficient (Wildman–Crippen LogP) is 6.16. The Bertz CT molecular complexity index is 2150. The molecule has 246 valence electrons. The molecule has 3 heterocycles. The molecule has 6 rings (SSSR count). The molecule has 0 bridgehead atoms. The summed E-state index contributed by atoms with van der Waals surface area (Å²) >= 11 is 0. The highest BCUT2D eigenvalue weighted by atomic mass is 32.2. The van der Waals surface area contributed by atoms with Gasteiger partial charge in [-0.15, -0.1) is 0 Å². The number of para-hydroxylation sites is 1. The van der Waals surface area contributed by atoms with E-state index in [1.54, 1.807) is 14.0 Å². The molecule has 0 radical (unpaired) electrons. The SMILES string of the molecule is CCOC(=O)CCc1cccc2c1OCC[C@@]2(C)c1nc(-c2cc(Oc3c(F)c(F)c4[nH]ccc4c3S(C)(=O)=O)ccc2F)n(C)n1. The molecule has 1 aliphatic rings. The summed E-state index contributed by atoms with van der Waals surface area (Å²) in [7, 11) is -2.51. The van der Waals surface area contributed by atoms with Crippen molar-refractivity contribution in [2.24, 2.45) is 7.05 Å². The molecule has 1 atom stereocenters. The van der Waals surface area contributed by atoms with Gasteiger partial charge in [0.25, 0.3) is 0 Å². The zero-order valence-corrected chi connectivity index (χ0v) is 26.8. The summed E-state index contributed by atoms with van der Waals surface area (Å²) in [6, 6.07) is 10.4. The molecule has 3 aromatic carbocycles. The van der Waals surface area contributed by atoms with Crippen LogP contribution in [0.25, 0.3) is 22.3 Å². The van der Waals surface area contributed by atoms with Gasteiger partial charge < -0.3 is 19.2 Å². The van der Waals surface area contributed by atoms with Crippen LogP contribution in [0.1, 0.15) is 43.6 Å². The summed E-state index contributed by atoms with van der Waals surface area (Å²) in [6.07, 6.45) is 3.26. The first-order valence-corrected chi connectivity index (χ1v) is 16.7. The second-order valence-electron chi connectivity index (χ2n) is 11.5. The third-order valence-electron chi connectivity index (χ3n) is 8.28. The van der Waals surface area contributed by atoms with E-state index in [1.165, 1.54) is 29.1 Å². The van der Waals surface area contributed by atoms with Crippen LogP contribution in [0.3, 0.4) is 0 Å². The summed E-state index contributed by atoms with van der Waals surface area (Å²) in [4.78, 5) is 18.7. The van der Waals surface area contributed by atoms with Gasteiger partial charge in [0, 0.05) is 36.9 Å². The number of nitrogens with one attached hydrogen (secondary N) is 1. The summed E-state index contributed by atoms with van der Waals surface area (Å²) in [5, 5.41) is 4.55. The molecule has 0 saturated heterocycles. The van der Waals surface area contributed by atoms with E-state index >= 15 is 8.78 Å². The maximum atomic E-state index is 15.4. The molecule has 47 heavy (non-hydrogen) atoms. The number of H-pyrrole nitrogens is 1. The van der Waals surface area contributed by atoms with Crippen LogP contribution >= 0.6 is 0 Å². The highest BCUT2D eigenvalue weighted by Crippen LogP contribution is 2.45. The van der Waals surface area contributed by atoms with Crippen molar-refractivity contribution < 1.29 is 40.6 Å². The molecule has 1 aliphatic heterocycles. The van der Waals surface area contributed by atoms with Crippen LogP contribution in [0.5, 0.6) is 17.2 Å². The third-order valence-corrected chi connectivity index (χ3v) is 9.43. The lowest BCUT2D eigenvalue weighted by molar-refractivity contribution is -0.143. The van der Waals surface area contributed by atoms with Gasteiger partial charge in [-0.2, -0.15) is 9.49 Å². The zero-order valence-electron chi connectivity index (χ0n) is 26.0. The second-order valence-corrected chi connectivity index (χ2v) is 13.4. The Labute approximate surface area is 268 Å². The summed E-state index contributed by atoms with van der Waals surface area (Å²) in [6.45, 7) is 4.35. The van der Waals surface area contributed by atoms with Crippen LogP contribution in [0.4, 0.5) is 13.2 Å². The largest absolute Gasteiger partial charge is 0.493 e. The van der Waals surface area contributed by atoms with Crippen molar-refractivity contribution in [3.63, 3.8) is 0 Å². The summed E-state index contributed by atoms with van der Waals surface area (Å²) in [5.74, 6) is -3.70. The number of halogens is 3. The molecule has 0 fully saturated rings. The number of aromatic amines is 1. The van der Waals surface area contributed by atoms with Gasteiger partial charge in [-0.25, -0.2) is 26.9 Å². The van der Waals surface area contributed by atoms with Gasteiger partial charge in [0.05, 0.1) is 29.7 Å². The number of sulfone groups is 1. The van der Waals surface area contributed by atoms with Crippen LogP contribution in [-0.2, 0) is 38.3 Å². The minimum absolute atomic E-state index is 0.0627. The molecule has 0 spiro atoms. The monoisotopic (exact) mass is 668 g/mol. The maximum absolute atomic E-state index is 15.4. The normalized spacial score (nSPS) is 16.1. The first kappa shape index (κ1) is 32.1. The molecule has 0 saturated carbocycles. The Kier molecular flexibility index (Phi) is 8.24. The standard InChI is InChI=1S/C33H31F3N4O6S/c1-5-44-24(41)12-9-18-7-6-8-22-28(18)45-16-14-33(22,2)32-38-31(40(3)39-32)21-17-19(10-11-23(21)34)46-29-26(36)25(35)27-20(13-15-37-27)30(29)47(4,42)43/h6-8,10-11,13,15,17,37H,5,9,12,14,16H2,1-4H3/t33-/m1/s1. The van der Waals surface area contributed by atoms with Crippen molar-refractivity contribution in [1.82, 2.24) is 19.7 Å². The highest BCUT2D eigenvalue weighted by Gasteiger charge is 2.40. The number of aromatic nitrogens is 4. The highest BCUT2D eigenvalue weighted by molar-refractivity contribution is 7.91. The third kappa shape index (κ3) is 5.70. The molecular weight excluding hydrogens is 637 g/mol. The first-order chi connectivity index (χ1) is 22.3. The number of nitrogens with zero attached hydrogens (tertiary/aromatic N) is 3. The van der Waals surface area contributed by atoms with Crippen LogP contribution in [0, 0.1) is 17.5 Å². The molecule has 0 amide bonds. The van der Waals surface area contributed by atoms with Crippen LogP contribution < -0.4 is 9.47 Å². The smallest absolute Gasteiger partial charge is 0.306 e. The van der Waals surface area contributed by atoms with Gasteiger partial charge in [0.1, 0.15) is 22.2 Å². The lowest BCUT2D eigenvalue weighted by Gasteiger charge is -2.34. The number of hydrogen-bond donors (Lipinski definition) is 1. The molecule has 5 aromatic rings. The van der Waals surface area contributed by atoms with E-state index in [9.17, 15) is 17.6 Å². The fourth-order valence-corrected chi connectivity index (χ4v) is 6.96. The number of carbonyl (C=O) groups excluding carboxylic acids is 1. The number of benzene rings is 3. The fraction of sp³-hybridized carbons (Fsp3) is 0.303. The van der Waals surface area contributed by atoms with Crippen molar-refractivity contribution in [3.05, 3.63) is 83.1 Å². The Hall–Kier alpha value is -4.85. The molecule has 1 N–H and O–H groups in total. The van der Waals surface area contributed by atoms with E-state index in [0.29, 0.717) is 37.6 Å². The van der Waals surface area contributed by atoms with Gasteiger partial charge in [0.15, 0.2) is 33.1 Å². The molecule has 0 aliphatic carbocycles. The number of rotatable bonds is 9. The van der Waals surface area contributed by atoms with E-state index in [2.05, 4.69) is 10.1 Å². The average molecular weight is 669 g/mol. The van der Waals surface area contributed by atoms with Crippen LogP contribution in [-0.4, -0.2) is 53.6 Å². The number of fused-ring (bicyclic) bond motifs is 2. The number of hydrogen-bond acceptors (Lipinski definition) is 8. The zero-order chi connectivity index (χ0) is 33.7. The quantitative estimate of drug-likeness (QED) is 0.146. The molecule has 2 aromatic heterocycles. The van der Waals surface area contributed by atoms with E-state index in [1.807, 2.05) is 25.1 Å². The fourth-order valence-electron chi connectivity index (χ4n) is 5.92. The van der Waals surface area contributed by atoms with Crippen molar-refractivity contribution in [3.8, 4) is 28.6 Å². The predicted molar refractivity (Wildman–Crippen MR) is 166 cm³/mol. The lowest BCUT2D eigenvalue weighted by atomic mass is 9.76. The number of esters is 1. The summed E-state index contributed by atoms with van der Waals surface area (Å²) in [5.41, 5.74) is 0.517. The minimum atomic E-state index is -4.11. The second kappa shape index (κ2) is 12.1. The molecule has 0 unspecified atom stereocenters. The van der Waals surface area contributed by atoms with Crippen molar-refractivity contribution in [2.45, 2.75) is 43.4 Å². The van der Waals surface area contributed by atoms with Crippen molar-refractivity contribution in [2.75, 3.05) is 19.5 Å². The minimum Gasteiger partial charge on any atom is -0.493 e. The number of ether oxygens (including phenoxy) is 3. The Morgan fingerprint density at radius 3 is 2.68 bits per heavy atom. The maximum Gasteiger partial charge on any atom is 0.306 e. The van der Waals surface area contributed by atoms with Gasteiger partial charge in [0.2, 0.25) is 5.82 Å². The van der Waals surface area contributed by atoms with Crippen LogP contribution in [0.2, 0.25) is 0 Å². The lowest BCUT2D eigenvalue weighted by Crippen LogP contribution is -2.33. The van der Waals surface area contributed by atoms with Gasteiger partial charge in [-0.1, -0.05) is 18.2 Å². The molecule has 14 heteroatoms. The van der Waals surface area contributed by atoms with Crippen molar-refractivity contribution >= 4 is 26.7 Å². The van der Waals surface area contributed by atoms with Gasteiger partial charge >= 0.3 is 5.97 Å². The van der Waals surface area contributed by atoms with Crippen molar-refractivity contribution in [1.29, 1.82) is 0 Å². The Morgan fingerprint density at radius 1 is 1.15 bits per heavy atom. The van der Waals surface area contributed by atoms with E-state index < -0.39 is 43.3 Å². The van der Waals surface area contributed by atoms with E-state index in [-0.39, 0.29) is 40.4 Å². The Morgan fingerprint density at radius 2 is 1.94 bits per heavy atom. The van der Waals surface area contributed by atoms with E-state index in [0.717, 1.165) is 23.4 Å². The topological polar surface area (TPSA) is 125 Å². The Balaban J connectivity index is 1.38.